The van der Waals surface area contributed by atoms with Crippen LogP contribution in [0.5, 0.6) is 0 Å². The van der Waals surface area contributed by atoms with Crippen molar-refractivity contribution in [3.8, 4) is 33.0 Å². The van der Waals surface area contributed by atoms with Gasteiger partial charge in [0.25, 0.3) is 0 Å². The van der Waals surface area contributed by atoms with Gasteiger partial charge in [0.05, 0.1) is 29.3 Å². The van der Waals surface area contributed by atoms with Crippen LogP contribution >= 0.6 is 11.3 Å². The summed E-state index contributed by atoms with van der Waals surface area (Å²) in [5, 5.41) is 23.3. The summed E-state index contributed by atoms with van der Waals surface area (Å²) in [6, 6.07) is 10.5. The Bertz CT molecular complexity index is 1760. The molecule has 6 aromatic rings. The van der Waals surface area contributed by atoms with Gasteiger partial charge in [-0.1, -0.05) is 20.8 Å². The number of hydrogen-bond donors (Lipinski definition) is 4. The van der Waals surface area contributed by atoms with Gasteiger partial charge in [-0.05, 0) is 49.1 Å². The van der Waals surface area contributed by atoms with Crippen molar-refractivity contribution in [2.75, 3.05) is 5.32 Å². The van der Waals surface area contributed by atoms with Crippen molar-refractivity contribution in [3.63, 3.8) is 0 Å². The predicted octanol–water partition coefficient (Wildman–Crippen LogP) is 6.77. The minimum Gasteiger partial charge on any atom is -0.374 e. The molecule has 6 rings (SSSR count). The molecule has 9 heteroatoms. The highest BCUT2D eigenvalue weighted by atomic mass is 32.1. The highest BCUT2D eigenvalue weighted by Crippen LogP contribution is 2.36. The van der Waals surface area contributed by atoms with E-state index in [0.29, 0.717) is 12.1 Å². The molecule has 0 aliphatic rings. The number of nitrogens with one attached hydrogen (secondary N) is 3. The molecule has 0 aliphatic carbocycles. The Hall–Kier alpha value is -4.08. The maximum Gasteiger partial charge on any atom is 0.155 e. The van der Waals surface area contributed by atoms with Crippen LogP contribution in [0.2, 0.25) is 0 Å². The van der Waals surface area contributed by atoms with E-state index in [-0.39, 0.29) is 5.41 Å². The molecule has 0 saturated carbocycles. The summed E-state index contributed by atoms with van der Waals surface area (Å²) < 4.78 is 0. The van der Waals surface area contributed by atoms with Crippen molar-refractivity contribution >= 4 is 39.0 Å². The van der Waals surface area contributed by atoms with Crippen LogP contribution in [0.4, 0.5) is 5.69 Å². The fourth-order valence-electron chi connectivity index (χ4n) is 4.72. The number of hydrogen-bond acceptors (Lipinski definition) is 7. The maximum absolute atomic E-state index is 10.5. The van der Waals surface area contributed by atoms with Crippen LogP contribution in [-0.4, -0.2) is 41.5 Å². The van der Waals surface area contributed by atoms with Gasteiger partial charge in [0.15, 0.2) is 5.65 Å². The number of H-pyrrole nitrogens is 2. The van der Waals surface area contributed by atoms with Crippen LogP contribution in [0, 0.1) is 12.3 Å². The molecule has 8 nitrogen and oxygen atoms in total. The van der Waals surface area contributed by atoms with Gasteiger partial charge in [0, 0.05) is 55.8 Å². The quantitative estimate of drug-likeness (QED) is 0.179. The van der Waals surface area contributed by atoms with E-state index in [4.69, 9.17) is 0 Å². The summed E-state index contributed by atoms with van der Waals surface area (Å²) in [7, 11) is 0. The number of aromatic nitrogens is 6. The minimum absolute atomic E-state index is 0.00621. The topological polar surface area (TPSA) is 115 Å². The van der Waals surface area contributed by atoms with Gasteiger partial charge in [0.2, 0.25) is 0 Å². The minimum atomic E-state index is -0.660. The monoisotopic (exact) mass is 523 g/mol. The van der Waals surface area contributed by atoms with Crippen molar-refractivity contribution in [2.24, 2.45) is 5.41 Å². The first-order valence-electron chi connectivity index (χ1n) is 12.5. The maximum atomic E-state index is 10.5. The van der Waals surface area contributed by atoms with E-state index in [2.05, 4.69) is 87.4 Å². The largest absolute Gasteiger partial charge is 0.374 e. The molecular formula is C29H29N7OS. The molecule has 0 aromatic carbocycles. The summed E-state index contributed by atoms with van der Waals surface area (Å²) >= 11 is 1.76. The lowest BCUT2D eigenvalue weighted by Crippen LogP contribution is -2.25. The van der Waals surface area contributed by atoms with Gasteiger partial charge in [-0.3, -0.25) is 15.1 Å². The van der Waals surface area contributed by atoms with E-state index >= 15 is 0 Å². The van der Waals surface area contributed by atoms with Crippen molar-refractivity contribution in [1.29, 1.82) is 0 Å². The van der Waals surface area contributed by atoms with Crippen molar-refractivity contribution < 1.29 is 5.11 Å². The third kappa shape index (κ3) is 4.78. The molecule has 0 aliphatic heterocycles. The normalized spacial score (nSPS) is 12.9. The number of rotatable bonds is 6. The lowest BCUT2D eigenvalue weighted by atomic mass is 9.91. The van der Waals surface area contributed by atoms with Gasteiger partial charge in [-0.15, -0.1) is 11.3 Å². The van der Waals surface area contributed by atoms with E-state index in [9.17, 15) is 5.11 Å². The van der Waals surface area contributed by atoms with Crippen molar-refractivity contribution in [1.82, 2.24) is 30.1 Å². The van der Waals surface area contributed by atoms with E-state index in [1.165, 1.54) is 9.75 Å². The Morgan fingerprint density at radius 3 is 2.58 bits per heavy atom. The molecule has 192 valence electrons. The van der Waals surface area contributed by atoms with Crippen molar-refractivity contribution in [2.45, 2.75) is 40.3 Å². The van der Waals surface area contributed by atoms with Crippen LogP contribution in [0.25, 0.3) is 54.9 Å². The van der Waals surface area contributed by atoms with Gasteiger partial charge < -0.3 is 15.4 Å². The fraction of sp³-hybridized carbons (Fsp3) is 0.241. The Morgan fingerprint density at radius 1 is 0.974 bits per heavy atom. The molecule has 6 heterocycles. The lowest BCUT2D eigenvalue weighted by molar-refractivity contribution is 0.145. The number of aryl methyl sites for hydroxylation is 1. The van der Waals surface area contributed by atoms with Gasteiger partial charge in [-0.25, -0.2) is 4.98 Å². The molecule has 0 amide bonds. The molecule has 4 N–H and O–H groups in total. The van der Waals surface area contributed by atoms with E-state index in [1.807, 2.05) is 24.7 Å². The van der Waals surface area contributed by atoms with Crippen LogP contribution in [0.15, 0.2) is 61.3 Å². The molecule has 0 bridgehead atoms. The zero-order valence-corrected chi connectivity index (χ0v) is 22.5. The number of nitrogens with zero attached hydrogens (tertiary/aromatic N) is 4. The Morgan fingerprint density at radius 2 is 1.79 bits per heavy atom. The summed E-state index contributed by atoms with van der Waals surface area (Å²) in [6.45, 7) is 8.41. The fourth-order valence-corrected chi connectivity index (χ4v) is 5.61. The number of aliphatic hydroxyl groups excluding tert-OH is 1. The zero-order chi connectivity index (χ0) is 26.4. The summed E-state index contributed by atoms with van der Waals surface area (Å²) in [5.41, 5.74) is 7.03. The zero-order valence-electron chi connectivity index (χ0n) is 21.7. The van der Waals surface area contributed by atoms with Crippen LogP contribution in [0.1, 0.15) is 32.1 Å². The number of aliphatic hydroxyl groups is 1. The standard InChI is InChI=1S/C29H29N7OS/c1-16-5-6-25(38-16)22-14-31-15-24-20(22)9-23(34-24)27-21-8-18(12-32-28(21)36-35-27)17-7-19(13-30-11-17)33-26(37)10-29(2,3)4/h5-9,11-15,26,33-34,37H,10H2,1-4H3,(H,32,35,36). The molecule has 0 radical (unpaired) electrons. The summed E-state index contributed by atoms with van der Waals surface area (Å²) in [4.78, 5) is 19.4. The number of thiophene rings is 1. The second-order valence-corrected chi connectivity index (χ2v) is 12.1. The SMILES string of the molecule is Cc1ccc(-c2cncc3[nH]c(-c4n[nH]c5ncc(-c6cncc(NC(O)CC(C)(C)C)c6)cc45)cc23)s1. The first kappa shape index (κ1) is 24.3. The first-order chi connectivity index (χ1) is 18.2. The molecule has 1 unspecified atom stereocenters. The number of aromatic amines is 2. The second kappa shape index (κ2) is 9.34. The molecule has 0 spiro atoms. The molecule has 6 aromatic heterocycles. The highest BCUT2D eigenvalue weighted by molar-refractivity contribution is 7.15. The Balaban J connectivity index is 1.36. The first-order valence-corrected chi connectivity index (χ1v) is 13.3. The smallest absolute Gasteiger partial charge is 0.155 e. The van der Waals surface area contributed by atoms with E-state index in [0.717, 1.165) is 50.1 Å². The lowest BCUT2D eigenvalue weighted by Gasteiger charge is -2.23. The van der Waals surface area contributed by atoms with Gasteiger partial charge in [0.1, 0.15) is 11.9 Å². The van der Waals surface area contributed by atoms with Crippen LogP contribution in [0.3, 0.4) is 0 Å². The molecule has 0 fully saturated rings. The third-order valence-corrected chi connectivity index (χ3v) is 7.47. The van der Waals surface area contributed by atoms with E-state index < -0.39 is 6.23 Å². The summed E-state index contributed by atoms with van der Waals surface area (Å²) in [6.07, 6.45) is 9.05. The van der Waals surface area contributed by atoms with Gasteiger partial charge >= 0.3 is 0 Å². The van der Waals surface area contributed by atoms with E-state index in [1.54, 1.807) is 23.7 Å². The second-order valence-electron chi connectivity index (χ2n) is 10.8. The molecule has 1 atom stereocenters. The Kier molecular flexibility index (Phi) is 5.97. The van der Waals surface area contributed by atoms with Crippen LogP contribution in [-0.2, 0) is 0 Å². The summed E-state index contributed by atoms with van der Waals surface area (Å²) in [5.74, 6) is 0. The highest BCUT2D eigenvalue weighted by Gasteiger charge is 2.18. The number of fused-ring (bicyclic) bond motifs is 2. The molecule has 38 heavy (non-hydrogen) atoms. The third-order valence-electron chi connectivity index (χ3n) is 6.43. The predicted molar refractivity (Wildman–Crippen MR) is 154 cm³/mol. The van der Waals surface area contributed by atoms with Crippen LogP contribution < -0.4 is 5.32 Å². The number of pyridine rings is 3. The number of anilines is 1. The average Bonchev–Trinajstić information content (AvgIpc) is 3.60. The Labute approximate surface area is 224 Å². The van der Waals surface area contributed by atoms with Gasteiger partial charge in [-0.2, -0.15) is 5.10 Å². The molecule has 0 saturated heterocycles. The molecular weight excluding hydrogens is 494 g/mol. The average molecular weight is 524 g/mol. The van der Waals surface area contributed by atoms with Crippen molar-refractivity contribution in [3.05, 3.63) is 66.2 Å².